The molecule has 1 atom stereocenters. The van der Waals surface area contributed by atoms with Crippen LogP contribution in [-0.4, -0.2) is 5.91 Å². The number of amides is 1. The van der Waals surface area contributed by atoms with Crippen molar-refractivity contribution in [1.29, 1.82) is 0 Å². The molecule has 1 aliphatic rings. The van der Waals surface area contributed by atoms with Gasteiger partial charge in [0, 0.05) is 12.1 Å². The van der Waals surface area contributed by atoms with Crippen LogP contribution in [0.4, 0.5) is 0 Å². The molecule has 19 heavy (non-hydrogen) atoms. The number of nitrogens with one attached hydrogen (secondary N) is 1. The van der Waals surface area contributed by atoms with Crippen LogP contribution in [0.1, 0.15) is 67.7 Å². The Labute approximate surface area is 119 Å². The van der Waals surface area contributed by atoms with Crippen molar-refractivity contribution >= 4 is 5.91 Å². The molecular formula is C17H31NO. The predicted molar refractivity (Wildman–Crippen MR) is 83.8 cm³/mol. The van der Waals surface area contributed by atoms with Gasteiger partial charge in [0.05, 0.1) is 0 Å². The van der Waals surface area contributed by atoms with Gasteiger partial charge in [0.1, 0.15) is 0 Å². The van der Waals surface area contributed by atoms with Crippen molar-refractivity contribution in [3.63, 3.8) is 0 Å². The van der Waals surface area contributed by atoms with Gasteiger partial charge in [-0.2, -0.15) is 0 Å². The summed E-state index contributed by atoms with van der Waals surface area (Å²) in [5.74, 6) is 0.698. The molecule has 2 nitrogen and oxygen atoms in total. The van der Waals surface area contributed by atoms with Crippen LogP contribution in [0.3, 0.4) is 0 Å². The van der Waals surface area contributed by atoms with Crippen LogP contribution in [0.15, 0.2) is 23.4 Å². The molecule has 1 N–H and O–H groups in total. The first kappa shape index (κ1) is 17.9. The van der Waals surface area contributed by atoms with Crippen molar-refractivity contribution in [2.24, 2.45) is 11.3 Å². The number of carbonyl (C=O) groups is 1. The van der Waals surface area contributed by atoms with Crippen molar-refractivity contribution in [3.05, 3.63) is 23.4 Å². The van der Waals surface area contributed by atoms with Gasteiger partial charge in [-0.05, 0) is 37.2 Å². The van der Waals surface area contributed by atoms with Gasteiger partial charge in [-0.3, -0.25) is 4.79 Å². The van der Waals surface area contributed by atoms with E-state index in [9.17, 15) is 4.79 Å². The second kappa shape index (κ2) is 8.19. The van der Waals surface area contributed by atoms with Crippen LogP contribution in [-0.2, 0) is 4.79 Å². The molecule has 110 valence electrons. The minimum atomic E-state index is 0.107. The molecule has 2 heteroatoms. The number of allylic oxidation sites excluding steroid dienone is 3. The minimum absolute atomic E-state index is 0.107. The molecule has 1 aliphatic heterocycles. The quantitative estimate of drug-likeness (QED) is 0.778. The predicted octanol–water partition coefficient (Wildman–Crippen LogP) is 4.83. The SMILES string of the molecule is CC.CC1=CCC(=O)NC(CC(C)CC(C)(C)C)=C1. The molecule has 0 aromatic carbocycles. The molecular weight excluding hydrogens is 234 g/mol. The van der Waals surface area contributed by atoms with Crippen molar-refractivity contribution in [2.45, 2.75) is 67.7 Å². The highest BCUT2D eigenvalue weighted by molar-refractivity contribution is 5.80. The van der Waals surface area contributed by atoms with E-state index in [1.807, 2.05) is 19.9 Å². The average Bonchev–Trinajstić information content (AvgIpc) is 2.40. The maximum absolute atomic E-state index is 11.5. The summed E-state index contributed by atoms with van der Waals surface area (Å²) in [4.78, 5) is 11.5. The monoisotopic (exact) mass is 265 g/mol. The largest absolute Gasteiger partial charge is 0.330 e. The first-order chi connectivity index (χ1) is 8.76. The Hall–Kier alpha value is -1.05. The number of carbonyl (C=O) groups excluding carboxylic acids is 1. The maximum Gasteiger partial charge on any atom is 0.227 e. The van der Waals surface area contributed by atoms with E-state index in [4.69, 9.17) is 0 Å². The van der Waals surface area contributed by atoms with Crippen LogP contribution in [0.5, 0.6) is 0 Å². The molecule has 1 amide bonds. The van der Waals surface area contributed by atoms with Crippen molar-refractivity contribution in [3.8, 4) is 0 Å². The summed E-state index contributed by atoms with van der Waals surface area (Å²) in [6.07, 6.45) is 6.71. The lowest BCUT2D eigenvalue weighted by Crippen LogP contribution is -2.23. The third-order valence-corrected chi connectivity index (χ3v) is 2.84. The molecule has 0 spiro atoms. The van der Waals surface area contributed by atoms with E-state index >= 15 is 0 Å². The van der Waals surface area contributed by atoms with Gasteiger partial charge in [-0.25, -0.2) is 0 Å². The van der Waals surface area contributed by atoms with Gasteiger partial charge in [0.2, 0.25) is 5.91 Å². The molecule has 1 heterocycles. The third-order valence-electron chi connectivity index (χ3n) is 2.84. The van der Waals surface area contributed by atoms with Crippen LogP contribution < -0.4 is 5.32 Å². The summed E-state index contributed by atoms with van der Waals surface area (Å²) in [6.45, 7) is 15.1. The van der Waals surface area contributed by atoms with E-state index in [1.54, 1.807) is 0 Å². The third kappa shape index (κ3) is 8.63. The molecule has 0 aliphatic carbocycles. The second-order valence-electron chi connectivity index (χ2n) is 6.44. The summed E-state index contributed by atoms with van der Waals surface area (Å²) in [5.41, 5.74) is 2.60. The minimum Gasteiger partial charge on any atom is -0.330 e. The van der Waals surface area contributed by atoms with Crippen molar-refractivity contribution < 1.29 is 4.79 Å². The summed E-state index contributed by atoms with van der Waals surface area (Å²) in [5, 5.41) is 3.00. The van der Waals surface area contributed by atoms with Crippen LogP contribution in [0.2, 0.25) is 0 Å². The normalized spacial score (nSPS) is 17.3. The average molecular weight is 265 g/mol. The number of rotatable bonds is 3. The zero-order valence-electron chi connectivity index (χ0n) is 13.8. The lowest BCUT2D eigenvalue weighted by Gasteiger charge is -2.24. The Morgan fingerprint density at radius 1 is 1.32 bits per heavy atom. The van der Waals surface area contributed by atoms with Gasteiger partial charge < -0.3 is 5.32 Å². The Bertz CT molecular complexity index is 345. The first-order valence-electron chi connectivity index (χ1n) is 7.43. The summed E-state index contributed by atoms with van der Waals surface area (Å²) in [6, 6.07) is 0. The zero-order chi connectivity index (χ0) is 15.1. The highest BCUT2D eigenvalue weighted by Gasteiger charge is 2.17. The number of hydrogen-bond acceptors (Lipinski definition) is 1. The zero-order valence-corrected chi connectivity index (χ0v) is 13.8. The first-order valence-corrected chi connectivity index (χ1v) is 7.43. The van der Waals surface area contributed by atoms with Crippen LogP contribution in [0.25, 0.3) is 0 Å². The fraction of sp³-hybridized carbons (Fsp3) is 0.706. The molecule has 0 radical (unpaired) electrons. The fourth-order valence-electron chi connectivity index (χ4n) is 2.46. The molecule has 1 rings (SSSR count). The van der Waals surface area contributed by atoms with Gasteiger partial charge in [0.15, 0.2) is 0 Å². The maximum atomic E-state index is 11.5. The van der Waals surface area contributed by atoms with Gasteiger partial charge in [0.25, 0.3) is 0 Å². The summed E-state index contributed by atoms with van der Waals surface area (Å²) in [7, 11) is 0. The Morgan fingerprint density at radius 2 is 1.89 bits per heavy atom. The molecule has 0 saturated carbocycles. The van der Waals surface area contributed by atoms with E-state index in [0.717, 1.165) is 12.1 Å². The standard InChI is InChI=1S/C15H25NO.C2H6/c1-11-6-7-14(17)16-13(8-11)9-12(2)10-15(3,4)5;1-2/h6,8,12H,7,9-10H2,1-5H3,(H,16,17);1-2H3. The van der Waals surface area contributed by atoms with E-state index in [0.29, 0.717) is 17.8 Å². The molecule has 0 saturated heterocycles. The molecule has 0 aromatic heterocycles. The number of hydrogen-bond donors (Lipinski definition) is 1. The summed E-state index contributed by atoms with van der Waals surface area (Å²) < 4.78 is 0. The van der Waals surface area contributed by atoms with Crippen molar-refractivity contribution in [1.82, 2.24) is 5.32 Å². The van der Waals surface area contributed by atoms with E-state index in [1.165, 1.54) is 12.0 Å². The Kier molecular flexibility index (Phi) is 7.73. The molecule has 1 unspecified atom stereocenters. The van der Waals surface area contributed by atoms with E-state index in [2.05, 4.69) is 46.0 Å². The Balaban J connectivity index is 0.00000154. The lowest BCUT2D eigenvalue weighted by molar-refractivity contribution is -0.119. The smallest absolute Gasteiger partial charge is 0.227 e. The van der Waals surface area contributed by atoms with Gasteiger partial charge in [-0.15, -0.1) is 0 Å². The van der Waals surface area contributed by atoms with Crippen LogP contribution in [0, 0.1) is 11.3 Å². The molecule has 0 aromatic rings. The van der Waals surface area contributed by atoms with Crippen LogP contribution >= 0.6 is 0 Å². The highest BCUT2D eigenvalue weighted by Crippen LogP contribution is 2.28. The fourth-order valence-corrected chi connectivity index (χ4v) is 2.46. The van der Waals surface area contributed by atoms with E-state index < -0.39 is 0 Å². The van der Waals surface area contributed by atoms with Gasteiger partial charge >= 0.3 is 0 Å². The molecule has 0 bridgehead atoms. The highest BCUT2D eigenvalue weighted by atomic mass is 16.1. The summed E-state index contributed by atoms with van der Waals surface area (Å²) >= 11 is 0. The molecule has 0 fully saturated rings. The van der Waals surface area contributed by atoms with Crippen molar-refractivity contribution in [2.75, 3.05) is 0 Å². The Morgan fingerprint density at radius 3 is 2.42 bits per heavy atom. The lowest BCUT2D eigenvalue weighted by atomic mass is 9.83. The van der Waals surface area contributed by atoms with E-state index in [-0.39, 0.29) is 5.91 Å². The van der Waals surface area contributed by atoms with Gasteiger partial charge in [-0.1, -0.05) is 53.2 Å². The topological polar surface area (TPSA) is 29.1 Å². The second-order valence-corrected chi connectivity index (χ2v) is 6.44.